The fourth-order valence-corrected chi connectivity index (χ4v) is 4.60. The van der Waals surface area contributed by atoms with Gasteiger partial charge in [-0.1, -0.05) is 0 Å². The molecule has 0 aliphatic carbocycles. The molecule has 35 heavy (non-hydrogen) atoms. The number of hydrogen-bond donors (Lipinski definition) is 2. The predicted octanol–water partition coefficient (Wildman–Crippen LogP) is 2.85. The van der Waals surface area contributed by atoms with E-state index in [0.717, 1.165) is 47.7 Å². The SMILES string of the molecule is CO.Cc1nc(CN(C(=O)c2ccc3nc(N)c4c(c3c2)COC4)C2CCCOC2)ccc1C#N. The number of ether oxygens (including phenoxy) is 2. The van der Waals surface area contributed by atoms with Crippen molar-refractivity contribution in [1.29, 1.82) is 5.26 Å². The summed E-state index contributed by atoms with van der Waals surface area (Å²) in [5.74, 6) is 0.401. The minimum Gasteiger partial charge on any atom is -0.400 e. The van der Waals surface area contributed by atoms with Gasteiger partial charge in [-0.25, -0.2) is 4.98 Å². The average molecular weight is 476 g/mol. The van der Waals surface area contributed by atoms with Gasteiger partial charge >= 0.3 is 0 Å². The molecule has 1 atom stereocenters. The Hall–Kier alpha value is -3.58. The average Bonchev–Trinajstić information content (AvgIpc) is 3.40. The van der Waals surface area contributed by atoms with Crippen molar-refractivity contribution < 1.29 is 19.4 Å². The molecule has 0 radical (unpaired) electrons. The lowest BCUT2D eigenvalue weighted by molar-refractivity contribution is 0.0140. The lowest BCUT2D eigenvalue weighted by atomic mass is 10.0. The monoisotopic (exact) mass is 475 g/mol. The molecule has 0 spiro atoms. The highest BCUT2D eigenvalue weighted by Crippen LogP contribution is 2.32. The van der Waals surface area contributed by atoms with Gasteiger partial charge in [0.25, 0.3) is 5.91 Å². The summed E-state index contributed by atoms with van der Waals surface area (Å²) < 4.78 is 11.3. The van der Waals surface area contributed by atoms with Crippen molar-refractivity contribution in [2.24, 2.45) is 0 Å². The van der Waals surface area contributed by atoms with Gasteiger partial charge in [0.1, 0.15) is 11.9 Å². The zero-order chi connectivity index (χ0) is 24.9. The maximum atomic E-state index is 13.8. The van der Waals surface area contributed by atoms with Crippen molar-refractivity contribution in [2.75, 3.05) is 26.1 Å². The van der Waals surface area contributed by atoms with Crippen molar-refractivity contribution >= 4 is 22.6 Å². The van der Waals surface area contributed by atoms with Gasteiger partial charge < -0.3 is 25.2 Å². The van der Waals surface area contributed by atoms with Gasteiger partial charge in [-0.05, 0) is 55.7 Å². The van der Waals surface area contributed by atoms with E-state index >= 15 is 0 Å². The van der Waals surface area contributed by atoms with Gasteiger partial charge in [-0.3, -0.25) is 9.78 Å². The first-order chi connectivity index (χ1) is 17.0. The summed E-state index contributed by atoms with van der Waals surface area (Å²) >= 11 is 0. The van der Waals surface area contributed by atoms with E-state index in [1.165, 1.54) is 0 Å². The lowest BCUT2D eigenvalue weighted by Crippen LogP contribution is -2.44. The van der Waals surface area contributed by atoms with Crippen molar-refractivity contribution in [3.63, 3.8) is 0 Å². The van der Waals surface area contributed by atoms with Gasteiger partial charge in [0.05, 0.1) is 54.9 Å². The van der Waals surface area contributed by atoms with Gasteiger partial charge in [-0.2, -0.15) is 5.26 Å². The van der Waals surface area contributed by atoms with Gasteiger partial charge in [0.15, 0.2) is 0 Å². The molecule has 1 saturated heterocycles. The molecule has 1 fully saturated rings. The predicted molar refractivity (Wildman–Crippen MR) is 130 cm³/mol. The number of nitriles is 1. The number of nitrogens with zero attached hydrogens (tertiary/aromatic N) is 4. The Morgan fingerprint density at radius 1 is 1.20 bits per heavy atom. The highest BCUT2D eigenvalue weighted by Gasteiger charge is 2.28. The van der Waals surface area contributed by atoms with Crippen molar-refractivity contribution in [1.82, 2.24) is 14.9 Å². The third-order valence-corrected chi connectivity index (χ3v) is 6.41. The van der Waals surface area contributed by atoms with Crippen LogP contribution in [0.4, 0.5) is 5.82 Å². The second-order valence-corrected chi connectivity index (χ2v) is 8.53. The number of rotatable bonds is 4. The van der Waals surface area contributed by atoms with E-state index in [4.69, 9.17) is 20.3 Å². The molecule has 1 amide bonds. The maximum Gasteiger partial charge on any atom is 0.254 e. The van der Waals surface area contributed by atoms with Crippen LogP contribution in [0.25, 0.3) is 10.9 Å². The minimum absolute atomic E-state index is 0.0433. The van der Waals surface area contributed by atoms with E-state index < -0.39 is 0 Å². The fourth-order valence-electron chi connectivity index (χ4n) is 4.60. The number of hydrogen-bond acceptors (Lipinski definition) is 8. The number of aromatic nitrogens is 2. The van der Waals surface area contributed by atoms with E-state index in [0.29, 0.717) is 55.6 Å². The molecule has 4 heterocycles. The number of aliphatic hydroxyl groups excluding tert-OH is 1. The van der Waals surface area contributed by atoms with E-state index in [9.17, 15) is 10.1 Å². The van der Waals surface area contributed by atoms with Crippen LogP contribution >= 0.6 is 0 Å². The lowest BCUT2D eigenvalue weighted by Gasteiger charge is -2.34. The number of pyridine rings is 2. The number of anilines is 1. The third-order valence-electron chi connectivity index (χ3n) is 6.41. The van der Waals surface area contributed by atoms with E-state index in [2.05, 4.69) is 16.0 Å². The number of nitrogen functional groups attached to an aromatic ring is 1. The standard InChI is InChI=1S/C25H25N5O3.CH4O/c1-15-17(10-26)4-6-18(28-15)11-30(19-3-2-8-32-12-19)25(31)16-5-7-23-20(9-16)21-13-33-14-22(21)24(27)29-23;1-2/h4-7,9,19H,2-3,8,11-14H2,1H3,(H2,27,29);2H,1H3. The highest BCUT2D eigenvalue weighted by atomic mass is 16.5. The maximum absolute atomic E-state index is 13.8. The van der Waals surface area contributed by atoms with Gasteiger partial charge in [0.2, 0.25) is 0 Å². The fraction of sp³-hybridized carbons (Fsp3) is 0.385. The normalized spacial score (nSPS) is 16.7. The van der Waals surface area contributed by atoms with Crippen LogP contribution in [-0.2, 0) is 29.2 Å². The van der Waals surface area contributed by atoms with Crippen LogP contribution < -0.4 is 5.73 Å². The number of aryl methyl sites for hydroxylation is 1. The first-order valence-electron chi connectivity index (χ1n) is 11.5. The highest BCUT2D eigenvalue weighted by molar-refractivity contribution is 5.99. The number of carbonyl (C=O) groups is 1. The molecule has 2 aliphatic rings. The van der Waals surface area contributed by atoms with Gasteiger partial charge in [0, 0.05) is 30.2 Å². The second kappa shape index (κ2) is 10.8. The van der Waals surface area contributed by atoms with Crippen molar-refractivity contribution in [3.05, 3.63) is 64.0 Å². The number of nitrogens with two attached hydrogens (primary N) is 1. The molecule has 3 aromatic rings. The zero-order valence-electron chi connectivity index (χ0n) is 20.0. The number of fused-ring (bicyclic) bond motifs is 3. The van der Waals surface area contributed by atoms with Crippen molar-refractivity contribution in [3.8, 4) is 6.07 Å². The van der Waals surface area contributed by atoms with Crippen LogP contribution in [0.15, 0.2) is 30.3 Å². The largest absolute Gasteiger partial charge is 0.400 e. The first kappa shape index (κ1) is 24.5. The number of benzene rings is 1. The van der Waals surface area contributed by atoms with Crippen molar-refractivity contribution in [2.45, 2.75) is 45.6 Å². The van der Waals surface area contributed by atoms with Crippen LogP contribution in [0, 0.1) is 18.3 Å². The molecule has 2 aromatic heterocycles. The van der Waals surface area contributed by atoms with E-state index in [1.54, 1.807) is 12.1 Å². The Morgan fingerprint density at radius 2 is 2.00 bits per heavy atom. The van der Waals surface area contributed by atoms with Crippen LogP contribution in [0.1, 0.15) is 51.3 Å². The summed E-state index contributed by atoms with van der Waals surface area (Å²) in [6.07, 6.45) is 1.77. The van der Waals surface area contributed by atoms with E-state index in [1.807, 2.05) is 30.0 Å². The van der Waals surface area contributed by atoms with E-state index in [-0.39, 0.29) is 11.9 Å². The minimum atomic E-state index is -0.0827. The number of amides is 1. The topological polar surface area (TPSA) is 135 Å². The quantitative estimate of drug-likeness (QED) is 0.588. The summed E-state index contributed by atoms with van der Waals surface area (Å²) in [4.78, 5) is 24.7. The molecular formula is C26H29N5O4. The molecule has 0 saturated carbocycles. The van der Waals surface area contributed by atoms with Crippen LogP contribution in [0.5, 0.6) is 0 Å². The Balaban J connectivity index is 0.00000141. The Labute approximate surface area is 204 Å². The molecule has 182 valence electrons. The molecule has 2 aliphatic heterocycles. The summed E-state index contributed by atoms with van der Waals surface area (Å²) in [7, 11) is 1.00. The Bertz CT molecular complexity index is 1280. The van der Waals surface area contributed by atoms with Crippen LogP contribution in [-0.4, -0.2) is 52.2 Å². The summed E-state index contributed by atoms with van der Waals surface area (Å²) in [6.45, 7) is 4.27. The summed E-state index contributed by atoms with van der Waals surface area (Å²) in [5, 5.41) is 17.1. The third kappa shape index (κ3) is 4.95. The first-order valence-corrected chi connectivity index (χ1v) is 11.5. The molecule has 1 unspecified atom stereocenters. The van der Waals surface area contributed by atoms with Crippen LogP contribution in [0.3, 0.4) is 0 Å². The smallest absolute Gasteiger partial charge is 0.254 e. The van der Waals surface area contributed by atoms with Crippen LogP contribution in [0.2, 0.25) is 0 Å². The summed E-state index contributed by atoms with van der Waals surface area (Å²) in [5.41, 5.74) is 11.3. The molecule has 9 heteroatoms. The Kier molecular flexibility index (Phi) is 7.56. The number of carbonyl (C=O) groups excluding carboxylic acids is 1. The molecule has 3 N–H and O–H groups in total. The molecular weight excluding hydrogens is 446 g/mol. The molecule has 5 rings (SSSR count). The Morgan fingerprint density at radius 3 is 2.71 bits per heavy atom. The molecule has 9 nitrogen and oxygen atoms in total. The molecule has 1 aromatic carbocycles. The number of aliphatic hydroxyl groups is 1. The zero-order valence-corrected chi connectivity index (χ0v) is 20.0. The van der Waals surface area contributed by atoms with Gasteiger partial charge in [-0.15, -0.1) is 0 Å². The second-order valence-electron chi connectivity index (χ2n) is 8.53. The molecule has 0 bridgehead atoms. The summed E-state index contributed by atoms with van der Waals surface area (Å²) in [6, 6.07) is 11.2.